The van der Waals surface area contributed by atoms with Crippen LogP contribution >= 0.6 is 0 Å². The summed E-state index contributed by atoms with van der Waals surface area (Å²) in [6.07, 6.45) is 3.02. The third kappa shape index (κ3) is 1.43. The Hall–Kier alpha value is -1.65. The summed E-state index contributed by atoms with van der Waals surface area (Å²) in [6, 6.07) is 0. The quantitative estimate of drug-likeness (QED) is 0.242. The number of amidine groups is 1. The zero-order valence-corrected chi connectivity index (χ0v) is 6.15. The second-order valence-electron chi connectivity index (χ2n) is 2.04. The maximum Gasteiger partial charge on any atom is 0.153 e. The van der Waals surface area contributed by atoms with Gasteiger partial charge in [-0.05, 0) is 6.92 Å². The van der Waals surface area contributed by atoms with Crippen LogP contribution in [0, 0.1) is 6.92 Å². The van der Waals surface area contributed by atoms with Gasteiger partial charge in [0.25, 0.3) is 0 Å². The number of nitrogens with zero attached hydrogens (tertiary/aromatic N) is 3. The number of aryl methyl sites for hydroxylation is 1. The lowest BCUT2D eigenvalue weighted by molar-refractivity contribution is 1.08. The van der Waals surface area contributed by atoms with Gasteiger partial charge < -0.3 is 11.6 Å². The molecule has 1 aromatic rings. The monoisotopic (exact) mass is 151 g/mol. The van der Waals surface area contributed by atoms with Gasteiger partial charge in [0.15, 0.2) is 5.84 Å². The minimum Gasteiger partial charge on any atom is -0.382 e. The molecule has 0 spiro atoms. The smallest absolute Gasteiger partial charge is 0.153 e. The Balaban J connectivity index is 3.14. The van der Waals surface area contributed by atoms with Crippen molar-refractivity contribution in [2.75, 3.05) is 0 Å². The molecule has 58 valence electrons. The van der Waals surface area contributed by atoms with Crippen LogP contribution in [0.1, 0.15) is 11.3 Å². The van der Waals surface area contributed by atoms with Gasteiger partial charge in [-0.15, -0.1) is 0 Å². The molecule has 0 unspecified atom stereocenters. The van der Waals surface area contributed by atoms with E-state index in [0.29, 0.717) is 5.56 Å². The number of rotatable bonds is 1. The van der Waals surface area contributed by atoms with E-state index in [9.17, 15) is 0 Å². The zero-order chi connectivity index (χ0) is 8.27. The first-order valence-corrected chi connectivity index (χ1v) is 3.06. The van der Waals surface area contributed by atoms with E-state index >= 15 is 0 Å². The van der Waals surface area contributed by atoms with Crippen LogP contribution in [0.25, 0.3) is 0 Å². The van der Waals surface area contributed by atoms with Crippen molar-refractivity contribution in [2.24, 2.45) is 16.7 Å². The fourth-order valence-corrected chi connectivity index (χ4v) is 0.712. The number of hydrazone groups is 1. The highest BCUT2D eigenvalue weighted by Crippen LogP contribution is 1.99. The minimum absolute atomic E-state index is 0.253. The Kier molecular flexibility index (Phi) is 2.00. The van der Waals surface area contributed by atoms with Gasteiger partial charge in [-0.3, -0.25) is 0 Å². The van der Waals surface area contributed by atoms with E-state index in [1.165, 1.54) is 6.33 Å². The molecular formula is C6H9N5. The maximum absolute atomic E-state index is 5.44. The Labute approximate surface area is 64.1 Å². The molecule has 0 aromatic carbocycles. The van der Waals surface area contributed by atoms with Crippen molar-refractivity contribution < 1.29 is 0 Å². The molecule has 0 saturated carbocycles. The average Bonchev–Trinajstić information content (AvgIpc) is 2.04. The van der Waals surface area contributed by atoms with E-state index in [-0.39, 0.29) is 5.84 Å². The molecule has 0 fully saturated rings. The fraction of sp³-hybridized carbons (Fsp3) is 0.167. The van der Waals surface area contributed by atoms with Crippen LogP contribution in [0.2, 0.25) is 0 Å². The molecule has 0 aliphatic rings. The van der Waals surface area contributed by atoms with E-state index in [2.05, 4.69) is 15.1 Å². The number of nitrogens with two attached hydrogens (primary N) is 2. The number of hydrogen-bond donors (Lipinski definition) is 2. The second-order valence-corrected chi connectivity index (χ2v) is 2.04. The first-order valence-electron chi connectivity index (χ1n) is 3.06. The highest BCUT2D eigenvalue weighted by molar-refractivity contribution is 5.97. The SMILES string of the molecule is Cc1ncncc1/C(N)=N/N. The van der Waals surface area contributed by atoms with Crippen molar-refractivity contribution in [1.29, 1.82) is 0 Å². The van der Waals surface area contributed by atoms with Gasteiger partial charge in [0.2, 0.25) is 0 Å². The summed E-state index contributed by atoms with van der Waals surface area (Å²) in [6.45, 7) is 1.81. The Morgan fingerprint density at radius 1 is 1.64 bits per heavy atom. The highest BCUT2D eigenvalue weighted by atomic mass is 15.2. The lowest BCUT2D eigenvalue weighted by Gasteiger charge is -1.99. The van der Waals surface area contributed by atoms with Crippen molar-refractivity contribution in [2.45, 2.75) is 6.92 Å². The van der Waals surface area contributed by atoms with Crippen LogP contribution in [0.4, 0.5) is 0 Å². The normalized spacial score (nSPS) is 11.5. The summed E-state index contributed by atoms with van der Waals surface area (Å²) in [5, 5.41) is 3.33. The standard InChI is InChI=1S/C6H9N5/c1-4-5(6(7)11-8)2-9-3-10-4/h2-3H,8H2,1H3,(H2,7,11). The summed E-state index contributed by atoms with van der Waals surface area (Å²) in [5.74, 6) is 5.23. The lowest BCUT2D eigenvalue weighted by Crippen LogP contribution is -2.17. The van der Waals surface area contributed by atoms with Crippen molar-refractivity contribution in [3.05, 3.63) is 23.8 Å². The van der Waals surface area contributed by atoms with Crippen LogP contribution in [0.3, 0.4) is 0 Å². The Morgan fingerprint density at radius 2 is 2.36 bits per heavy atom. The van der Waals surface area contributed by atoms with Crippen LogP contribution in [-0.2, 0) is 0 Å². The van der Waals surface area contributed by atoms with Gasteiger partial charge >= 0.3 is 0 Å². The summed E-state index contributed by atoms with van der Waals surface area (Å²) in [7, 11) is 0. The van der Waals surface area contributed by atoms with Crippen LogP contribution in [-0.4, -0.2) is 15.8 Å². The van der Waals surface area contributed by atoms with E-state index in [1.54, 1.807) is 6.20 Å². The van der Waals surface area contributed by atoms with Crippen LogP contribution in [0.5, 0.6) is 0 Å². The maximum atomic E-state index is 5.44. The number of hydrogen-bond acceptors (Lipinski definition) is 4. The predicted octanol–water partition coefficient (Wildman–Crippen LogP) is -0.636. The van der Waals surface area contributed by atoms with Gasteiger partial charge in [-0.25, -0.2) is 9.97 Å². The van der Waals surface area contributed by atoms with Crippen molar-refractivity contribution >= 4 is 5.84 Å². The highest BCUT2D eigenvalue weighted by Gasteiger charge is 2.01. The third-order valence-corrected chi connectivity index (χ3v) is 1.33. The third-order valence-electron chi connectivity index (χ3n) is 1.33. The zero-order valence-electron chi connectivity index (χ0n) is 6.15. The van der Waals surface area contributed by atoms with E-state index in [4.69, 9.17) is 11.6 Å². The molecule has 0 aliphatic heterocycles. The first kappa shape index (κ1) is 7.46. The second kappa shape index (κ2) is 2.96. The van der Waals surface area contributed by atoms with Gasteiger partial charge in [-0.1, -0.05) is 0 Å². The minimum atomic E-state index is 0.253. The predicted molar refractivity (Wildman–Crippen MR) is 41.7 cm³/mol. The molecule has 0 amide bonds. The summed E-state index contributed by atoms with van der Waals surface area (Å²) in [5.41, 5.74) is 6.89. The number of aromatic nitrogens is 2. The molecule has 1 aromatic heterocycles. The van der Waals surface area contributed by atoms with Gasteiger partial charge in [0.05, 0.1) is 11.3 Å². The molecule has 11 heavy (non-hydrogen) atoms. The van der Waals surface area contributed by atoms with Crippen LogP contribution < -0.4 is 11.6 Å². The average molecular weight is 151 g/mol. The molecule has 5 nitrogen and oxygen atoms in total. The summed E-state index contributed by atoms with van der Waals surface area (Å²) >= 11 is 0. The van der Waals surface area contributed by atoms with Crippen molar-refractivity contribution in [3.8, 4) is 0 Å². The van der Waals surface area contributed by atoms with E-state index in [1.807, 2.05) is 6.92 Å². The molecule has 0 atom stereocenters. The van der Waals surface area contributed by atoms with E-state index in [0.717, 1.165) is 5.69 Å². The summed E-state index contributed by atoms with van der Waals surface area (Å²) < 4.78 is 0. The Bertz CT molecular complexity index is 280. The molecule has 1 heterocycles. The fourth-order valence-electron chi connectivity index (χ4n) is 0.712. The van der Waals surface area contributed by atoms with E-state index < -0.39 is 0 Å². The molecule has 4 N–H and O–H groups in total. The van der Waals surface area contributed by atoms with Gasteiger partial charge in [-0.2, -0.15) is 5.10 Å². The molecule has 1 rings (SSSR count). The van der Waals surface area contributed by atoms with Gasteiger partial charge in [0, 0.05) is 6.20 Å². The molecule has 5 heteroatoms. The summed E-state index contributed by atoms with van der Waals surface area (Å²) in [4.78, 5) is 7.71. The Morgan fingerprint density at radius 3 is 2.91 bits per heavy atom. The molecule has 0 radical (unpaired) electrons. The molecule has 0 bridgehead atoms. The van der Waals surface area contributed by atoms with Gasteiger partial charge in [0.1, 0.15) is 6.33 Å². The molecule has 0 aliphatic carbocycles. The molecule has 0 saturated heterocycles. The van der Waals surface area contributed by atoms with Crippen molar-refractivity contribution in [3.63, 3.8) is 0 Å². The lowest BCUT2D eigenvalue weighted by atomic mass is 10.2. The molecular weight excluding hydrogens is 142 g/mol. The van der Waals surface area contributed by atoms with Crippen LogP contribution in [0.15, 0.2) is 17.6 Å². The topological polar surface area (TPSA) is 90.2 Å². The van der Waals surface area contributed by atoms with Crippen molar-refractivity contribution in [1.82, 2.24) is 9.97 Å². The largest absolute Gasteiger partial charge is 0.382 e. The first-order chi connectivity index (χ1) is 5.25.